The molecule has 0 N–H and O–H groups in total. The number of hydrogen-bond acceptors (Lipinski definition) is 4. The Kier molecular flexibility index (Phi) is 7.53. The molecule has 210 valence electrons. The molecule has 0 saturated heterocycles. The Labute approximate surface area is 235 Å². The van der Waals surface area contributed by atoms with Crippen LogP contribution in [0.25, 0.3) is 28.0 Å². The van der Waals surface area contributed by atoms with E-state index in [1.54, 1.807) is 24.3 Å². The summed E-state index contributed by atoms with van der Waals surface area (Å²) in [6, 6.07) is 21.2. The maximum absolute atomic E-state index is 13.5. The van der Waals surface area contributed by atoms with Crippen LogP contribution in [-0.2, 0) is 6.18 Å². The first-order chi connectivity index (χ1) is 19.6. The van der Waals surface area contributed by atoms with Gasteiger partial charge in [0.2, 0.25) is 0 Å². The Hall–Kier alpha value is -4.66. The predicted octanol–water partition coefficient (Wildman–Crippen LogP) is 7.55. The van der Waals surface area contributed by atoms with Crippen molar-refractivity contribution in [2.24, 2.45) is 5.10 Å². The molecule has 2 aromatic heterocycles. The van der Waals surface area contributed by atoms with Crippen molar-refractivity contribution in [2.75, 3.05) is 0 Å². The van der Waals surface area contributed by atoms with Crippen LogP contribution in [0.5, 0.6) is 5.75 Å². The predicted molar refractivity (Wildman–Crippen MR) is 155 cm³/mol. The Morgan fingerprint density at radius 3 is 2.44 bits per heavy atom. The van der Waals surface area contributed by atoms with Crippen LogP contribution in [-0.4, -0.2) is 26.5 Å². The van der Waals surface area contributed by atoms with E-state index in [2.05, 4.69) is 21.6 Å². The summed E-state index contributed by atoms with van der Waals surface area (Å²) in [5, 5.41) is 4.77. The highest BCUT2D eigenvalue weighted by Crippen LogP contribution is 2.32. The molecule has 0 spiro atoms. The lowest BCUT2D eigenvalue weighted by molar-refractivity contribution is -0.137. The Balaban J connectivity index is 1.58. The van der Waals surface area contributed by atoms with Gasteiger partial charge in [-0.1, -0.05) is 31.2 Å². The summed E-state index contributed by atoms with van der Waals surface area (Å²) >= 11 is 0. The highest BCUT2D eigenvalue weighted by Gasteiger charge is 2.31. The quantitative estimate of drug-likeness (QED) is 0.194. The molecule has 41 heavy (non-hydrogen) atoms. The first kappa shape index (κ1) is 27.9. The molecule has 1 atom stereocenters. The maximum Gasteiger partial charge on any atom is 0.416 e. The second-order valence-corrected chi connectivity index (χ2v) is 9.89. The average molecular weight is 559 g/mol. The van der Waals surface area contributed by atoms with Gasteiger partial charge < -0.3 is 9.30 Å². The van der Waals surface area contributed by atoms with Crippen LogP contribution in [0.4, 0.5) is 13.2 Å². The number of alkyl halides is 3. The summed E-state index contributed by atoms with van der Waals surface area (Å²) in [6.45, 7) is 7.99. The molecule has 0 aliphatic carbocycles. The van der Waals surface area contributed by atoms with E-state index >= 15 is 0 Å². The Morgan fingerprint density at radius 2 is 1.73 bits per heavy atom. The molecule has 5 rings (SSSR count). The maximum atomic E-state index is 13.5. The summed E-state index contributed by atoms with van der Waals surface area (Å²) in [6.07, 6.45) is -1.98. The molecule has 9 heteroatoms. The monoisotopic (exact) mass is 558 g/mol. The molecule has 0 unspecified atom stereocenters. The highest BCUT2D eigenvalue weighted by molar-refractivity contribution is 5.83. The van der Waals surface area contributed by atoms with E-state index in [1.165, 1.54) is 18.3 Å². The molecule has 0 aliphatic heterocycles. The summed E-state index contributed by atoms with van der Waals surface area (Å²) in [7, 11) is 0. The van der Waals surface area contributed by atoms with Crippen molar-refractivity contribution in [3.05, 3.63) is 112 Å². The van der Waals surface area contributed by atoms with Gasteiger partial charge in [-0.05, 0) is 81.8 Å². The number of nitrogens with zero attached hydrogens (tertiary/aromatic N) is 4. The minimum Gasteiger partial charge on any atom is -0.491 e. The molecule has 2 heterocycles. The fraction of sp³-hybridized carbons (Fsp3) is 0.219. The smallest absolute Gasteiger partial charge is 0.416 e. The zero-order valence-electron chi connectivity index (χ0n) is 23.1. The molecule has 0 saturated carbocycles. The number of hydrogen-bond donors (Lipinski definition) is 0. The molecular weight excluding hydrogens is 529 g/mol. The average Bonchev–Trinajstić information content (AvgIpc) is 3.24. The van der Waals surface area contributed by atoms with Gasteiger partial charge in [0, 0.05) is 28.2 Å². The summed E-state index contributed by atoms with van der Waals surface area (Å²) < 4.78 is 49.4. The number of para-hydroxylation sites is 1. The van der Waals surface area contributed by atoms with Gasteiger partial charge in [0.1, 0.15) is 5.75 Å². The van der Waals surface area contributed by atoms with Gasteiger partial charge >= 0.3 is 6.18 Å². The van der Waals surface area contributed by atoms with Crippen molar-refractivity contribution >= 4 is 17.1 Å². The zero-order valence-corrected chi connectivity index (χ0v) is 23.1. The number of ether oxygens (including phenoxy) is 1. The van der Waals surface area contributed by atoms with Crippen LogP contribution in [0, 0.1) is 13.8 Å². The molecule has 0 aliphatic rings. The summed E-state index contributed by atoms with van der Waals surface area (Å²) in [5.41, 5.74) is 2.69. The SMILES string of the molecule is CC[C@@H](C)Oc1ccc(-n2c(C)cc(C=Nn3c(-c4cccc(C(F)(F)F)c4)nc4ccccc4c3=O)c2C)cc1. The standard InChI is InChI=1S/C32H29F3N4O2/c1-5-21(3)41-27-15-13-26(14-16-27)38-20(2)17-24(22(38)4)19-36-39-30(23-9-8-10-25(18-23)32(33,34)35)37-29-12-7-6-11-28(29)31(39)40/h6-19,21H,5H2,1-4H3/t21-/m1/s1. The lowest BCUT2D eigenvalue weighted by Crippen LogP contribution is -2.20. The molecule has 6 nitrogen and oxygen atoms in total. The lowest BCUT2D eigenvalue weighted by atomic mass is 10.1. The third-order valence-corrected chi connectivity index (χ3v) is 6.99. The highest BCUT2D eigenvalue weighted by atomic mass is 19.4. The Bertz CT molecular complexity index is 1800. The van der Waals surface area contributed by atoms with Gasteiger partial charge in [0.05, 0.1) is 28.8 Å². The van der Waals surface area contributed by atoms with E-state index < -0.39 is 17.3 Å². The van der Waals surface area contributed by atoms with Gasteiger partial charge in [-0.2, -0.15) is 22.9 Å². The van der Waals surface area contributed by atoms with E-state index in [4.69, 9.17) is 4.74 Å². The normalized spacial score (nSPS) is 12.8. The number of aromatic nitrogens is 3. The van der Waals surface area contributed by atoms with E-state index in [-0.39, 0.29) is 17.5 Å². The topological polar surface area (TPSA) is 61.4 Å². The van der Waals surface area contributed by atoms with E-state index in [9.17, 15) is 18.0 Å². The van der Waals surface area contributed by atoms with Crippen LogP contribution in [0.2, 0.25) is 0 Å². The van der Waals surface area contributed by atoms with E-state index in [0.29, 0.717) is 10.9 Å². The molecule has 0 amide bonds. The van der Waals surface area contributed by atoms with Crippen molar-refractivity contribution in [1.29, 1.82) is 0 Å². The van der Waals surface area contributed by atoms with Crippen LogP contribution in [0.3, 0.4) is 0 Å². The second kappa shape index (κ2) is 11.1. The molecule has 0 radical (unpaired) electrons. The van der Waals surface area contributed by atoms with Crippen LogP contribution in [0.1, 0.15) is 42.8 Å². The van der Waals surface area contributed by atoms with Gasteiger partial charge in [0.15, 0.2) is 5.82 Å². The van der Waals surface area contributed by atoms with Crippen molar-refractivity contribution in [3.8, 4) is 22.8 Å². The largest absolute Gasteiger partial charge is 0.491 e. The van der Waals surface area contributed by atoms with Crippen molar-refractivity contribution in [3.63, 3.8) is 0 Å². The fourth-order valence-corrected chi connectivity index (χ4v) is 4.68. The fourth-order valence-electron chi connectivity index (χ4n) is 4.68. The first-order valence-electron chi connectivity index (χ1n) is 13.3. The molecule has 0 fully saturated rings. The number of aryl methyl sites for hydroxylation is 1. The van der Waals surface area contributed by atoms with Crippen LogP contribution >= 0.6 is 0 Å². The summed E-state index contributed by atoms with van der Waals surface area (Å²) in [4.78, 5) is 18.0. The molecule has 0 bridgehead atoms. The van der Waals surface area contributed by atoms with Crippen LogP contribution in [0.15, 0.2) is 88.8 Å². The Morgan fingerprint density at radius 1 is 1.00 bits per heavy atom. The van der Waals surface area contributed by atoms with Gasteiger partial charge in [-0.3, -0.25) is 4.79 Å². The molecule has 3 aromatic carbocycles. The van der Waals surface area contributed by atoms with Gasteiger partial charge in [-0.15, -0.1) is 0 Å². The second-order valence-electron chi connectivity index (χ2n) is 9.89. The van der Waals surface area contributed by atoms with E-state index in [1.807, 2.05) is 51.1 Å². The molecular formula is C32H29F3N4O2. The van der Waals surface area contributed by atoms with Gasteiger partial charge in [0.25, 0.3) is 5.56 Å². The van der Waals surface area contributed by atoms with Gasteiger partial charge in [-0.25, -0.2) is 4.98 Å². The first-order valence-corrected chi connectivity index (χ1v) is 13.3. The third kappa shape index (κ3) is 5.66. The zero-order chi connectivity index (χ0) is 29.3. The number of halogens is 3. The van der Waals surface area contributed by atoms with Crippen molar-refractivity contribution in [2.45, 2.75) is 46.4 Å². The number of fused-ring (bicyclic) bond motifs is 1. The molecule has 5 aromatic rings. The van der Waals surface area contributed by atoms with Crippen molar-refractivity contribution < 1.29 is 17.9 Å². The van der Waals surface area contributed by atoms with Crippen molar-refractivity contribution in [1.82, 2.24) is 14.2 Å². The minimum absolute atomic E-state index is 0.0155. The summed E-state index contributed by atoms with van der Waals surface area (Å²) in [5.74, 6) is 0.805. The van der Waals surface area contributed by atoms with Crippen LogP contribution < -0.4 is 10.3 Å². The number of benzene rings is 3. The minimum atomic E-state index is -4.54. The number of rotatable bonds is 7. The lowest BCUT2D eigenvalue weighted by Gasteiger charge is -2.14. The third-order valence-electron chi connectivity index (χ3n) is 6.99. The van der Waals surface area contributed by atoms with E-state index in [0.717, 1.165) is 51.6 Å².